The van der Waals surface area contributed by atoms with Gasteiger partial charge in [0.15, 0.2) is 0 Å². The van der Waals surface area contributed by atoms with Gasteiger partial charge in [0.1, 0.15) is 5.76 Å². The predicted molar refractivity (Wildman–Crippen MR) is 55.8 cm³/mol. The normalized spacial score (nSPS) is 27.0. The minimum absolute atomic E-state index is 0.545. The van der Waals surface area contributed by atoms with E-state index in [1.54, 1.807) is 0 Å². The van der Waals surface area contributed by atoms with Crippen molar-refractivity contribution >= 4 is 9.24 Å². The van der Waals surface area contributed by atoms with E-state index in [0.29, 0.717) is 5.92 Å². The Balaban J connectivity index is 2.83. The second-order valence-electron chi connectivity index (χ2n) is 3.14. The van der Waals surface area contributed by atoms with Gasteiger partial charge in [0.2, 0.25) is 0 Å². The molecule has 2 heteroatoms. The van der Waals surface area contributed by atoms with E-state index < -0.39 is 0 Å². The Hall–Kier alpha value is -0.550. The molecule has 0 aromatic rings. The lowest BCUT2D eigenvalue weighted by molar-refractivity contribution is 0.174. The molecule has 0 radical (unpaired) electrons. The van der Waals surface area contributed by atoms with Crippen molar-refractivity contribution in [1.82, 2.24) is 0 Å². The second kappa shape index (κ2) is 3.91. The van der Waals surface area contributed by atoms with Crippen LogP contribution in [0.1, 0.15) is 13.3 Å². The molecule has 1 saturated heterocycles. The van der Waals surface area contributed by atoms with Crippen LogP contribution in [0.15, 0.2) is 35.9 Å². The van der Waals surface area contributed by atoms with Crippen LogP contribution in [0.5, 0.6) is 0 Å². The fourth-order valence-corrected chi connectivity index (χ4v) is 1.47. The van der Waals surface area contributed by atoms with E-state index in [1.165, 1.54) is 5.57 Å². The molecular formula is C10H15OP. The Kier molecular flexibility index (Phi) is 3.11. The van der Waals surface area contributed by atoms with Gasteiger partial charge in [0.25, 0.3) is 0 Å². The lowest BCUT2D eigenvalue weighted by atomic mass is 9.94. The van der Waals surface area contributed by atoms with Gasteiger partial charge in [-0.05, 0) is 29.3 Å². The minimum Gasteiger partial charge on any atom is -0.494 e. The van der Waals surface area contributed by atoms with Gasteiger partial charge in [0.05, 0.1) is 6.61 Å². The first-order chi connectivity index (χ1) is 5.61. The lowest BCUT2D eigenvalue weighted by Gasteiger charge is -2.24. The van der Waals surface area contributed by atoms with Crippen molar-refractivity contribution in [2.45, 2.75) is 13.3 Å². The zero-order chi connectivity index (χ0) is 9.14. The van der Waals surface area contributed by atoms with Crippen molar-refractivity contribution in [1.29, 1.82) is 0 Å². The van der Waals surface area contributed by atoms with E-state index in [9.17, 15) is 0 Å². The fraction of sp³-hybridized carbons (Fsp3) is 0.400. The molecule has 12 heavy (non-hydrogen) atoms. The summed E-state index contributed by atoms with van der Waals surface area (Å²) in [5, 5.41) is 0.975. The summed E-state index contributed by atoms with van der Waals surface area (Å²) in [6.07, 6.45) is 3.10. The van der Waals surface area contributed by atoms with Gasteiger partial charge in [0, 0.05) is 0 Å². The van der Waals surface area contributed by atoms with Crippen molar-refractivity contribution in [2.24, 2.45) is 5.92 Å². The van der Waals surface area contributed by atoms with E-state index in [2.05, 4.69) is 29.3 Å². The third-order valence-electron chi connectivity index (χ3n) is 2.02. The maximum absolute atomic E-state index is 5.35. The highest BCUT2D eigenvalue weighted by atomic mass is 31.0. The molecule has 0 aromatic heterocycles. The average Bonchev–Trinajstić information content (AvgIpc) is 1.97. The van der Waals surface area contributed by atoms with Crippen LogP contribution in [0, 0.1) is 5.92 Å². The minimum atomic E-state index is 0.545. The molecule has 2 unspecified atom stereocenters. The zero-order valence-corrected chi connectivity index (χ0v) is 8.62. The molecular weight excluding hydrogens is 167 g/mol. The van der Waals surface area contributed by atoms with Crippen LogP contribution in [-0.2, 0) is 4.74 Å². The maximum Gasteiger partial charge on any atom is 0.115 e. The summed E-state index contributed by atoms with van der Waals surface area (Å²) in [6, 6.07) is 0. The van der Waals surface area contributed by atoms with E-state index >= 15 is 0 Å². The molecule has 0 aromatic carbocycles. The van der Waals surface area contributed by atoms with Crippen molar-refractivity contribution in [3.8, 4) is 0 Å². The molecule has 1 heterocycles. The van der Waals surface area contributed by atoms with E-state index in [0.717, 1.165) is 24.1 Å². The van der Waals surface area contributed by atoms with Gasteiger partial charge in [-0.1, -0.05) is 20.1 Å². The van der Waals surface area contributed by atoms with Crippen molar-refractivity contribution < 1.29 is 4.74 Å². The monoisotopic (exact) mass is 182 g/mol. The molecule has 0 N–H and O–H groups in total. The van der Waals surface area contributed by atoms with Crippen molar-refractivity contribution in [2.75, 3.05) is 6.61 Å². The van der Waals surface area contributed by atoms with Gasteiger partial charge >= 0.3 is 0 Å². The van der Waals surface area contributed by atoms with Crippen LogP contribution >= 0.6 is 9.24 Å². The first-order valence-corrected chi connectivity index (χ1v) is 4.67. The highest BCUT2D eigenvalue weighted by molar-refractivity contribution is 7.22. The largest absolute Gasteiger partial charge is 0.494 e. The standard InChI is InChI=1S/C10H15OP/c1-7-4-5-11-9(3)10(7)6-8(2)12/h6-7H,2-5,12H2,1H3/b10-6-. The molecule has 66 valence electrons. The van der Waals surface area contributed by atoms with Crippen LogP contribution in [0.2, 0.25) is 0 Å². The SMILES string of the molecule is C=C(P)/C=C1\C(=C)OCCC1C. The van der Waals surface area contributed by atoms with Gasteiger partial charge in [-0.15, -0.1) is 9.24 Å². The first-order valence-electron chi connectivity index (χ1n) is 4.09. The number of hydrogen-bond acceptors (Lipinski definition) is 1. The third kappa shape index (κ3) is 2.22. The molecule has 1 aliphatic rings. The second-order valence-corrected chi connectivity index (χ2v) is 3.88. The lowest BCUT2D eigenvalue weighted by Crippen LogP contribution is -2.14. The molecule has 1 aliphatic heterocycles. The Labute approximate surface area is 76.4 Å². The topological polar surface area (TPSA) is 9.23 Å². The first kappa shape index (κ1) is 9.54. The molecule has 1 fully saturated rings. The smallest absolute Gasteiger partial charge is 0.115 e. The van der Waals surface area contributed by atoms with E-state index in [1.807, 2.05) is 6.08 Å². The maximum atomic E-state index is 5.35. The zero-order valence-electron chi connectivity index (χ0n) is 7.47. The Morgan fingerprint density at radius 2 is 2.42 bits per heavy atom. The quantitative estimate of drug-likeness (QED) is 0.566. The van der Waals surface area contributed by atoms with Crippen molar-refractivity contribution in [3.05, 3.63) is 35.9 Å². The number of allylic oxidation sites excluding steroid dienone is 3. The van der Waals surface area contributed by atoms with Crippen LogP contribution in [0.25, 0.3) is 0 Å². The molecule has 0 bridgehead atoms. The van der Waals surface area contributed by atoms with Gasteiger partial charge in [-0.25, -0.2) is 0 Å². The molecule has 0 aliphatic carbocycles. The summed E-state index contributed by atoms with van der Waals surface area (Å²) < 4.78 is 5.35. The summed E-state index contributed by atoms with van der Waals surface area (Å²) >= 11 is 0. The number of hydrogen-bond donors (Lipinski definition) is 0. The molecule has 1 nitrogen and oxygen atoms in total. The van der Waals surface area contributed by atoms with Gasteiger partial charge in [-0.2, -0.15) is 0 Å². The summed E-state index contributed by atoms with van der Waals surface area (Å²) in [4.78, 5) is 0. The molecule has 2 atom stereocenters. The summed E-state index contributed by atoms with van der Waals surface area (Å²) in [5.41, 5.74) is 1.18. The number of rotatable bonds is 1. The highest BCUT2D eigenvalue weighted by Crippen LogP contribution is 2.29. The van der Waals surface area contributed by atoms with Crippen LogP contribution < -0.4 is 0 Å². The van der Waals surface area contributed by atoms with Crippen LogP contribution in [0.4, 0.5) is 0 Å². The Morgan fingerprint density at radius 3 is 2.92 bits per heavy atom. The van der Waals surface area contributed by atoms with Crippen molar-refractivity contribution in [3.63, 3.8) is 0 Å². The fourth-order valence-electron chi connectivity index (χ4n) is 1.30. The molecule has 0 spiro atoms. The Bertz CT molecular complexity index is 240. The van der Waals surface area contributed by atoms with Gasteiger partial charge < -0.3 is 4.74 Å². The van der Waals surface area contributed by atoms with E-state index in [4.69, 9.17) is 4.74 Å². The molecule has 1 rings (SSSR count). The van der Waals surface area contributed by atoms with E-state index in [-0.39, 0.29) is 0 Å². The summed E-state index contributed by atoms with van der Waals surface area (Å²) in [6.45, 7) is 10.6. The Morgan fingerprint density at radius 1 is 1.75 bits per heavy atom. The molecule has 0 saturated carbocycles. The van der Waals surface area contributed by atoms with Crippen LogP contribution in [-0.4, -0.2) is 6.61 Å². The summed E-state index contributed by atoms with van der Waals surface area (Å²) in [5.74, 6) is 1.35. The van der Waals surface area contributed by atoms with Crippen LogP contribution in [0.3, 0.4) is 0 Å². The number of ether oxygens (including phenoxy) is 1. The predicted octanol–water partition coefficient (Wildman–Crippen LogP) is 2.87. The molecule has 0 amide bonds. The third-order valence-corrected chi connectivity index (χ3v) is 2.19. The average molecular weight is 182 g/mol. The summed E-state index contributed by atoms with van der Waals surface area (Å²) in [7, 11) is 2.57. The highest BCUT2D eigenvalue weighted by Gasteiger charge is 2.18. The van der Waals surface area contributed by atoms with Gasteiger partial charge in [-0.3, -0.25) is 0 Å².